The molecule has 0 fully saturated rings. The summed E-state index contributed by atoms with van der Waals surface area (Å²) < 4.78 is 26.5. The first-order valence-corrected chi connectivity index (χ1v) is 16.1. The molecular formula is C31H37Cl2N3O4S. The van der Waals surface area contributed by atoms with E-state index in [1.165, 1.54) is 12.1 Å². The predicted molar refractivity (Wildman–Crippen MR) is 167 cm³/mol. The summed E-state index contributed by atoms with van der Waals surface area (Å²) in [5.74, 6) is -0.231. The first-order valence-electron chi connectivity index (χ1n) is 13.5. The Morgan fingerprint density at radius 3 is 2.10 bits per heavy atom. The zero-order valence-electron chi connectivity index (χ0n) is 23.6. The Labute approximate surface area is 253 Å². The first kappa shape index (κ1) is 32.4. The van der Waals surface area contributed by atoms with Gasteiger partial charge in [0.15, 0.2) is 0 Å². The number of halogens is 2. The minimum atomic E-state index is -3.71. The van der Waals surface area contributed by atoms with Crippen molar-refractivity contribution in [2.75, 3.05) is 23.7 Å². The number of hydrogen-bond donors (Lipinski definition) is 1. The molecule has 10 heteroatoms. The van der Waals surface area contributed by atoms with E-state index in [-0.39, 0.29) is 54.4 Å². The molecule has 7 nitrogen and oxygen atoms in total. The fourth-order valence-corrected chi connectivity index (χ4v) is 5.82. The Morgan fingerprint density at radius 1 is 0.902 bits per heavy atom. The van der Waals surface area contributed by atoms with Crippen molar-refractivity contribution in [3.8, 4) is 0 Å². The van der Waals surface area contributed by atoms with Gasteiger partial charge in [0.25, 0.3) is 0 Å². The van der Waals surface area contributed by atoms with E-state index in [2.05, 4.69) is 5.32 Å². The molecule has 1 atom stereocenters. The van der Waals surface area contributed by atoms with Crippen molar-refractivity contribution in [3.05, 3.63) is 100 Å². The number of nitrogens with zero attached hydrogens (tertiary/aromatic N) is 2. The molecule has 0 unspecified atom stereocenters. The van der Waals surface area contributed by atoms with Crippen LogP contribution in [0.15, 0.2) is 78.9 Å². The van der Waals surface area contributed by atoms with Crippen LogP contribution in [0.4, 0.5) is 5.69 Å². The van der Waals surface area contributed by atoms with E-state index in [0.29, 0.717) is 18.0 Å². The number of benzene rings is 3. The Morgan fingerprint density at radius 2 is 1.51 bits per heavy atom. The van der Waals surface area contributed by atoms with Gasteiger partial charge in [-0.1, -0.05) is 97.7 Å². The van der Waals surface area contributed by atoms with Gasteiger partial charge in [-0.2, -0.15) is 0 Å². The van der Waals surface area contributed by atoms with E-state index in [0.717, 1.165) is 21.7 Å². The van der Waals surface area contributed by atoms with Gasteiger partial charge < -0.3 is 10.2 Å². The average molecular weight is 619 g/mol. The van der Waals surface area contributed by atoms with Gasteiger partial charge in [-0.15, -0.1) is 0 Å². The normalized spacial score (nSPS) is 12.1. The first-order chi connectivity index (χ1) is 19.5. The minimum absolute atomic E-state index is 0.0205. The van der Waals surface area contributed by atoms with Gasteiger partial charge in [0.05, 0.1) is 17.0 Å². The van der Waals surface area contributed by atoms with E-state index < -0.39 is 16.1 Å². The molecule has 3 aromatic rings. The van der Waals surface area contributed by atoms with Crippen molar-refractivity contribution in [2.45, 2.75) is 45.7 Å². The summed E-state index contributed by atoms with van der Waals surface area (Å²) in [6, 6.07) is 23.0. The molecule has 0 aliphatic rings. The zero-order chi connectivity index (χ0) is 30.0. The van der Waals surface area contributed by atoms with Crippen LogP contribution in [0.2, 0.25) is 10.0 Å². The number of rotatable bonds is 14. The van der Waals surface area contributed by atoms with E-state index >= 15 is 0 Å². The highest BCUT2D eigenvalue weighted by atomic mass is 35.5. The lowest BCUT2D eigenvalue weighted by Crippen LogP contribution is -2.51. The van der Waals surface area contributed by atoms with Crippen LogP contribution in [0.3, 0.4) is 0 Å². The summed E-state index contributed by atoms with van der Waals surface area (Å²) in [6.45, 7) is 4.77. The summed E-state index contributed by atoms with van der Waals surface area (Å²) in [7, 11) is -3.71. The number of sulfonamides is 1. The van der Waals surface area contributed by atoms with Gasteiger partial charge >= 0.3 is 0 Å². The molecule has 3 rings (SSSR count). The number of amides is 2. The summed E-state index contributed by atoms with van der Waals surface area (Å²) in [5, 5.41) is 3.59. The van der Waals surface area contributed by atoms with Gasteiger partial charge in [0, 0.05) is 37.5 Å². The molecule has 0 spiro atoms. The van der Waals surface area contributed by atoms with Crippen molar-refractivity contribution in [3.63, 3.8) is 0 Å². The quantitative estimate of drug-likeness (QED) is 0.242. The number of anilines is 1. The van der Waals surface area contributed by atoms with Crippen LogP contribution in [-0.4, -0.2) is 50.5 Å². The van der Waals surface area contributed by atoms with Crippen LogP contribution in [0.1, 0.15) is 37.8 Å². The van der Waals surface area contributed by atoms with Crippen LogP contribution in [0, 0.1) is 5.92 Å². The molecule has 0 aliphatic heterocycles. The second kappa shape index (κ2) is 15.2. The number of carbonyl (C=O) groups excluding carboxylic acids is 2. The molecule has 0 radical (unpaired) electrons. The topological polar surface area (TPSA) is 86.8 Å². The van der Waals surface area contributed by atoms with Crippen molar-refractivity contribution < 1.29 is 18.0 Å². The third kappa shape index (κ3) is 10.1. The Kier molecular flexibility index (Phi) is 12.1. The number of hydrogen-bond acceptors (Lipinski definition) is 4. The Balaban J connectivity index is 1.87. The Bertz CT molecular complexity index is 1400. The molecule has 0 saturated carbocycles. The molecule has 1 N–H and O–H groups in total. The van der Waals surface area contributed by atoms with Gasteiger partial charge in [-0.25, -0.2) is 8.42 Å². The lowest BCUT2D eigenvalue weighted by Gasteiger charge is -2.32. The predicted octanol–water partition coefficient (Wildman–Crippen LogP) is 5.95. The highest BCUT2D eigenvalue weighted by molar-refractivity contribution is 7.92. The van der Waals surface area contributed by atoms with Crippen LogP contribution >= 0.6 is 23.2 Å². The molecule has 2 amide bonds. The van der Waals surface area contributed by atoms with Crippen molar-refractivity contribution in [2.24, 2.45) is 5.92 Å². The monoisotopic (exact) mass is 617 g/mol. The zero-order valence-corrected chi connectivity index (χ0v) is 25.9. The van der Waals surface area contributed by atoms with E-state index in [1.807, 2.05) is 74.5 Å². The summed E-state index contributed by atoms with van der Waals surface area (Å²) >= 11 is 12.4. The lowest BCUT2D eigenvalue weighted by molar-refractivity contribution is -0.141. The molecule has 3 aromatic carbocycles. The molecule has 0 aliphatic carbocycles. The van der Waals surface area contributed by atoms with E-state index in [9.17, 15) is 18.0 Å². The average Bonchev–Trinajstić information content (AvgIpc) is 2.93. The maximum Gasteiger partial charge on any atom is 0.243 e. The smallest absolute Gasteiger partial charge is 0.243 e. The maximum atomic E-state index is 13.8. The second-order valence-corrected chi connectivity index (χ2v) is 13.1. The van der Waals surface area contributed by atoms with Crippen LogP contribution in [0.25, 0.3) is 0 Å². The highest BCUT2D eigenvalue weighted by Gasteiger charge is 2.30. The van der Waals surface area contributed by atoms with E-state index in [4.69, 9.17) is 23.2 Å². The standard InChI is InChI=1S/C31H37Cl2N3O4S/c1-23(2)21-34-31(38)29(19-24-11-6-4-7-12-24)35(22-25-13-8-5-9-14-25)30(37)15-10-18-36(41(3,39)40)28-20-26(32)16-17-27(28)33/h4-9,11-14,16-17,20,23,29H,10,15,18-19,21-22H2,1-3H3,(H,34,38)/t29-/m0/s1. The van der Waals surface area contributed by atoms with Crippen molar-refractivity contribution in [1.29, 1.82) is 0 Å². The summed E-state index contributed by atoms with van der Waals surface area (Å²) in [5.41, 5.74) is 2.08. The molecular weight excluding hydrogens is 581 g/mol. The van der Waals surface area contributed by atoms with Crippen molar-refractivity contribution in [1.82, 2.24) is 10.2 Å². The van der Waals surface area contributed by atoms with Crippen LogP contribution < -0.4 is 9.62 Å². The molecule has 0 saturated heterocycles. The third-order valence-corrected chi connectivity index (χ3v) is 8.22. The minimum Gasteiger partial charge on any atom is -0.354 e. The number of nitrogens with one attached hydrogen (secondary N) is 1. The van der Waals surface area contributed by atoms with Gasteiger partial charge in [0.2, 0.25) is 21.8 Å². The number of carbonyl (C=O) groups is 2. The van der Waals surface area contributed by atoms with Gasteiger partial charge in [-0.05, 0) is 41.7 Å². The maximum absolute atomic E-state index is 13.8. The van der Waals surface area contributed by atoms with E-state index in [1.54, 1.807) is 11.0 Å². The molecule has 0 bridgehead atoms. The molecule has 0 aromatic heterocycles. The SMILES string of the molecule is CC(C)CNC(=O)[C@H](Cc1ccccc1)N(Cc1ccccc1)C(=O)CCCN(c1cc(Cl)ccc1Cl)S(C)(=O)=O. The molecule has 0 heterocycles. The summed E-state index contributed by atoms with van der Waals surface area (Å²) in [6.07, 6.45) is 1.67. The fraction of sp³-hybridized carbons (Fsp3) is 0.355. The Hall–Kier alpha value is -3.07. The second-order valence-electron chi connectivity index (χ2n) is 10.4. The largest absolute Gasteiger partial charge is 0.354 e. The lowest BCUT2D eigenvalue weighted by atomic mass is 10.0. The van der Waals surface area contributed by atoms with Gasteiger partial charge in [0.1, 0.15) is 6.04 Å². The van der Waals surface area contributed by atoms with Crippen LogP contribution in [0.5, 0.6) is 0 Å². The fourth-order valence-electron chi connectivity index (χ4n) is 4.42. The van der Waals surface area contributed by atoms with Gasteiger partial charge in [-0.3, -0.25) is 13.9 Å². The molecule has 220 valence electrons. The third-order valence-electron chi connectivity index (χ3n) is 6.48. The van der Waals surface area contributed by atoms with Crippen molar-refractivity contribution >= 4 is 50.7 Å². The van der Waals surface area contributed by atoms with Crippen LogP contribution in [-0.2, 0) is 32.6 Å². The molecule has 41 heavy (non-hydrogen) atoms. The highest BCUT2D eigenvalue weighted by Crippen LogP contribution is 2.31. The summed E-state index contributed by atoms with van der Waals surface area (Å²) in [4.78, 5) is 29.0.